The van der Waals surface area contributed by atoms with Crippen LogP contribution in [0.1, 0.15) is 39.2 Å². The Balaban J connectivity index is 1.90. The fraction of sp³-hybridized carbons (Fsp3) is 0.650. The summed E-state index contributed by atoms with van der Waals surface area (Å²) in [5.41, 5.74) is 1.73. The van der Waals surface area contributed by atoms with Crippen molar-refractivity contribution in [2.45, 2.75) is 51.3 Å². The van der Waals surface area contributed by atoms with Crippen LogP contribution in [0.2, 0.25) is 0 Å². The number of nitrogens with zero attached hydrogens (tertiary/aromatic N) is 2. The molecule has 1 aromatic carbocycles. The molecule has 0 saturated carbocycles. The van der Waals surface area contributed by atoms with Crippen molar-refractivity contribution in [3.8, 4) is 0 Å². The highest BCUT2D eigenvalue weighted by molar-refractivity contribution is 7.86. The minimum atomic E-state index is -0.893. The molecule has 1 aliphatic heterocycles. The van der Waals surface area contributed by atoms with E-state index in [9.17, 15) is 8.60 Å². The molecule has 5 nitrogen and oxygen atoms in total. The first-order valence-corrected chi connectivity index (χ1v) is 10.9. The Kier molecular flexibility index (Phi) is 7.65. The van der Waals surface area contributed by atoms with Crippen LogP contribution in [0.5, 0.6) is 0 Å². The molecule has 2 rings (SSSR count). The second-order valence-electron chi connectivity index (χ2n) is 8.05. The normalized spacial score (nSPS) is 19.7. The van der Waals surface area contributed by atoms with E-state index in [0.717, 1.165) is 31.5 Å². The maximum Gasteiger partial charge on any atom is 0.191 e. The Hall–Kier alpha value is -1.63. The number of anilines is 1. The van der Waals surface area contributed by atoms with E-state index >= 15 is 0 Å². The Morgan fingerprint density at radius 3 is 2.81 bits per heavy atom. The zero-order valence-electron chi connectivity index (χ0n) is 17.1. The third kappa shape index (κ3) is 6.48. The van der Waals surface area contributed by atoms with E-state index in [2.05, 4.69) is 20.5 Å². The van der Waals surface area contributed by atoms with Crippen molar-refractivity contribution in [3.63, 3.8) is 0 Å². The summed E-state index contributed by atoms with van der Waals surface area (Å²) in [6.07, 6.45) is 2.01. The Bertz CT molecular complexity index is 687. The maximum atomic E-state index is 14.2. The van der Waals surface area contributed by atoms with Crippen LogP contribution in [-0.4, -0.2) is 53.4 Å². The lowest BCUT2D eigenvalue weighted by atomic mass is 10.0. The lowest BCUT2D eigenvalue weighted by molar-refractivity contribution is 0.463. The SMILES string of the molecule is CN=C(NCCS(=O)C(C)(C)C)NC1CCCN(c2cc(C)ccc2F)C1. The van der Waals surface area contributed by atoms with Crippen LogP contribution < -0.4 is 15.5 Å². The van der Waals surface area contributed by atoms with E-state index in [1.807, 2.05) is 33.8 Å². The summed E-state index contributed by atoms with van der Waals surface area (Å²) < 4.78 is 26.2. The average Bonchev–Trinajstić information content (AvgIpc) is 2.62. The van der Waals surface area contributed by atoms with E-state index in [1.54, 1.807) is 13.1 Å². The van der Waals surface area contributed by atoms with Crippen molar-refractivity contribution >= 4 is 22.4 Å². The smallest absolute Gasteiger partial charge is 0.191 e. The molecule has 2 unspecified atom stereocenters. The van der Waals surface area contributed by atoms with E-state index in [1.165, 1.54) is 6.07 Å². The van der Waals surface area contributed by atoms with Gasteiger partial charge in [0.25, 0.3) is 0 Å². The number of hydrogen-bond donors (Lipinski definition) is 2. The number of halogens is 1. The summed E-state index contributed by atoms with van der Waals surface area (Å²) in [6, 6.07) is 5.44. The van der Waals surface area contributed by atoms with Gasteiger partial charge in [0.2, 0.25) is 0 Å². The summed E-state index contributed by atoms with van der Waals surface area (Å²) in [6.45, 7) is 10.1. The molecule has 1 aliphatic rings. The van der Waals surface area contributed by atoms with Gasteiger partial charge in [0.05, 0.1) is 5.69 Å². The number of piperidine rings is 1. The molecule has 0 spiro atoms. The molecule has 1 saturated heterocycles. The molecular weight excluding hydrogens is 363 g/mol. The van der Waals surface area contributed by atoms with Crippen molar-refractivity contribution < 1.29 is 8.60 Å². The van der Waals surface area contributed by atoms with Crippen molar-refractivity contribution in [1.82, 2.24) is 10.6 Å². The lowest BCUT2D eigenvalue weighted by Crippen LogP contribution is -2.52. The molecule has 27 heavy (non-hydrogen) atoms. The van der Waals surface area contributed by atoms with Gasteiger partial charge in [0.15, 0.2) is 5.96 Å². The Morgan fingerprint density at radius 2 is 2.15 bits per heavy atom. The van der Waals surface area contributed by atoms with Gasteiger partial charge in [0, 0.05) is 54.0 Å². The van der Waals surface area contributed by atoms with E-state index in [4.69, 9.17) is 0 Å². The van der Waals surface area contributed by atoms with Gasteiger partial charge in [-0.3, -0.25) is 9.20 Å². The predicted molar refractivity (Wildman–Crippen MR) is 114 cm³/mol. The van der Waals surface area contributed by atoms with Gasteiger partial charge in [-0.15, -0.1) is 0 Å². The van der Waals surface area contributed by atoms with Crippen molar-refractivity contribution in [3.05, 3.63) is 29.6 Å². The highest BCUT2D eigenvalue weighted by atomic mass is 32.2. The van der Waals surface area contributed by atoms with Gasteiger partial charge < -0.3 is 15.5 Å². The van der Waals surface area contributed by atoms with Crippen molar-refractivity contribution in [2.75, 3.05) is 37.3 Å². The zero-order chi connectivity index (χ0) is 20.0. The van der Waals surface area contributed by atoms with Crippen molar-refractivity contribution in [1.29, 1.82) is 0 Å². The standard InChI is InChI=1S/C20H33FN4OS/c1-15-8-9-17(21)18(13-15)25-11-6-7-16(14-25)24-19(22-5)23-10-12-27(26)20(2,3)4/h8-9,13,16H,6-7,10-12,14H2,1-5H3,(H2,22,23,24). The fourth-order valence-corrected chi connectivity index (χ4v) is 4.03. The highest BCUT2D eigenvalue weighted by Crippen LogP contribution is 2.24. The maximum absolute atomic E-state index is 14.2. The summed E-state index contributed by atoms with van der Waals surface area (Å²) in [5, 5.41) is 6.68. The molecule has 2 atom stereocenters. The molecule has 1 aromatic rings. The number of aliphatic imine (C=N–C) groups is 1. The molecule has 0 radical (unpaired) electrons. The summed E-state index contributed by atoms with van der Waals surface area (Å²) in [7, 11) is 0.840. The minimum Gasteiger partial charge on any atom is -0.367 e. The third-order valence-electron chi connectivity index (χ3n) is 4.69. The average molecular weight is 397 g/mol. The first-order valence-electron chi connectivity index (χ1n) is 9.57. The quantitative estimate of drug-likeness (QED) is 0.594. The number of benzene rings is 1. The number of nitrogens with one attached hydrogen (secondary N) is 2. The minimum absolute atomic E-state index is 0.173. The van der Waals surface area contributed by atoms with Gasteiger partial charge >= 0.3 is 0 Å². The number of rotatable bonds is 5. The second kappa shape index (κ2) is 9.53. The number of hydrogen-bond acceptors (Lipinski definition) is 3. The van der Waals surface area contributed by atoms with Crippen LogP contribution in [0.25, 0.3) is 0 Å². The van der Waals surface area contributed by atoms with Crippen LogP contribution in [0.15, 0.2) is 23.2 Å². The summed E-state index contributed by atoms with van der Waals surface area (Å²) in [4.78, 5) is 6.38. The largest absolute Gasteiger partial charge is 0.367 e. The van der Waals surface area contributed by atoms with Crippen LogP contribution >= 0.6 is 0 Å². The predicted octanol–water partition coefficient (Wildman–Crippen LogP) is 2.82. The van der Waals surface area contributed by atoms with Crippen LogP contribution in [0.4, 0.5) is 10.1 Å². The Labute approximate surface area is 165 Å². The molecule has 152 valence electrons. The molecular formula is C20H33FN4OS. The first kappa shape index (κ1) is 21.7. The molecule has 1 fully saturated rings. The molecule has 1 heterocycles. The van der Waals surface area contributed by atoms with Crippen molar-refractivity contribution in [2.24, 2.45) is 4.99 Å². The second-order valence-corrected chi connectivity index (χ2v) is 10.4. The molecule has 0 aromatic heterocycles. The fourth-order valence-electron chi connectivity index (χ4n) is 3.14. The van der Waals surface area contributed by atoms with Gasteiger partial charge in [-0.2, -0.15) is 0 Å². The van der Waals surface area contributed by atoms with Crippen LogP contribution in [-0.2, 0) is 10.8 Å². The zero-order valence-corrected chi connectivity index (χ0v) is 18.0. The van der Waals surface area contributed by atoms with Gasteiger partial charge in [-0.1, -0.05) is 6.07 Å². The third-order valence-corrected chi connectivity index (χ3v) is 6.63. The molecule has 0 amide bonds. The number of aryl methyl sites for hydroxylation is 1. The topological polar surface area (TPSA) is 56.7 Å². The molecule has 0 bridgehead atoms. The van der Waals surface area contributed by atoms with E-state index in [-0.39, 0.29) is 16.6 Å². The molecule has 0 aliphatic carbocycles. The molecule has 7 heteroatoms. The van der Waals surface area contributed by atoms with Crippen LogP contribution in [0.3, 0.4) is 0 Å². The number of guanidine groups is 1. The Morgan fingerprint density at radius 1 is 1.41 bits per heavy atom. The highest BCUT2D eigenvalue weighted by Gasteiger charge is 2.23. The van der Waals surface area contributed by atoms with E-state index in [0.29, 0.717) is 23.9 Å². The van der Waals surface area contributed by atoms with E-state index < -0.39 is 10.8 Å². The van der Waals surface area contributed by atoms with Crippen LogP contribution in [0, 0.1) is 12.7 Å². The van der Waals surface area contributed by atoms with Gasteiger partial charge in [0.1, 0.15) is 5.82 Å². The summed E-state index contributed by atoms with van der Waals surface area (Å²) in [5.74, 6) is 1.11. The summed E-state index contributed by atoms with van der Waals surface area (Å²) >= 11 is 0. The lowest BCUT2D eigenvalue weighted by Gasteiger charge is -2.35. The van der Waals surface area contributed by atoms with Gasteiger partial charge in [-0.05, 0) is 58.2 Å². The molecule has 2 N–H and O–H groups in total. The first-order chi connectivity index (χ1) is 12.7. The monoisotopic (exact) mass is 396 g/mol. The van der Waals surface area contributed by atoms with Gasteiger partial charge in [-0.25, -0.2) is 4.39 Å².